The van der Waals surface area contributed by atoms with Crippen molar-refractivity contribution in [3.05, 3.63) is 96.3 Å². The Kier molecular flexibility index (Phi) is 4.39. The van der Waals surface area contributed by atoms with Crippen molar-refractivity contribution < 1.29 is 4.79 Å². The molecule has 29 heavy (non-hydrogen) atoms. The lowest BCUT2D eigenvalue weighted by atomic mass is 10.0. The number of rotatable bonds is 4. The van der Waals surface area contributed by atoms with Gasteiger partial charge in [-0.1, -0.05) is 60.7 Å². The summed E-state index contributed by atoms with van der Waals surface area (Å²) in [5, 5.41) is 0. The zero-order valence-corrected chi connectivity index (χ0v) is 16.4. The van der Waals surface area contributed by atoms with Gasteiger partial charge in [0, 0.05) is 24.6 Å². The molecule has 1 aliphatic rings. The van der Waals surface area contributed by atoms with Crippen LogP contribution in [0.4, 0.5) is 5.69 Å². The fourth-order valence-corrected chi connectivity index (χ4v) is 4.38. The highest BCUT2D eigenvalue weighted by molar-refractivity contribution is 5.96. The standard InChI is InChI=1S/C25H23N3O/c1-18(19-10-4-2-5-11-19)28-23-15-9-8-14-22(23)26-25(28)20-16-24(29)27(17-20)21-12-6-3-7-13-21/h2-15,18,20H,16-17H2,1H3/t18-,20+/m1/s1. The summed E-state index contributed by atoms with van der Waals surface area (Å²) in [6.07, 6.45) is 0.486. The Balaban J connectivity index is 1.58. The highest BCUT2D eigenvalue weighted by Crippen LogP contribution is 2.35. The average Bonchev–Trinajstić information content (AvgIpc) is 3.35. The molecule has 0 spiro atoms. The first kappa shape index (κ1) is 17.7. The first-order valence-electron chi connectivity index (χ1n) is 10.1. The van der Waals surface area contributed by atoms with E-state index in [1.54, 1.807) is 0 Å². The fourth-order valence-electron chi connectivity index (χ4n) is 4.38. The Morgan fingerprint density at radius 1 is 0.897 bits per heavy atom. The van der Waals surface area contributed by atoms with Gasteiger partial charge in [-0.3, -0.25) is 4.79 Å². The van der Waals surface area contributed by atoms with Gasteiger partial charge in [-0.15, -0.1) is 0 Å². The van der Waals surface area contributed by atoms with Crippen molar-refractivity contribution >= 4 is 22.6 Å². The lowest BCUT2D eigenvalue weighted by molar-refractivity contribution is -0.117. The summed E-state index contributed by atoms with van der Waals surface area (Å²) < 4.78 is 2.32. The van der Waals surface area contributed by atoms with E-state index in [1.807, 2.05) is 47.4 Å². The largest absolute Gasteiger partial charge is 0.320 e. The van der Waals surface area contributed by atoms with Gasteiger partial charge in [0.2, 0.25) is 5.91 Å². The highest BCUT2D eigenvalue weighted by atomic mass is 16.2. The molecule has 1 aliphatic heterocycles. The number of anilines is 1. The summed E-state index contributed by atoms with van der Waals surface area (Å²) in [5.74, 6) is 1.22. The molecule has 0 aliphatic carbocycles. The van der Waals surface area contributed by atoms with Gasteiger partial charge in [-0.2, -0.15) is 0 Å². The predicted octanol–water partition coefficient (Wildman–Crippen LogP) is 5.17. The molecule has 4 aromatic rings. The molecule has 0 unspecified atom stereocenters. The molecule has 1 amide bonds. The molecule has 3 aromatic carbocycles. The van der Waals surface area contributed by atoms with E-state index in [0.717, 1.165) is 22.5 Å². The molecule has 4 nitrogen and oxygen atoms in total. The van der Waals surface area contributed by atoms with E-state index in [-0.39, 0.29) is 17.9 Å². The molecular formula is C25H23N3O. The van der Waals surface area contributed by atoms with Crippen LogP contribution in [0.5, 0.6) is 0 Å². The fraction of sp³-hybridized carbons (Fsp3) is 0.200. The van der Waals surface area contributed by atoms with Crippen LogP contribution in [-0.4, -0.2) is 22.0 Å². The third-order valence-electron chi connectivity index (χ3n) is 5.85. The topological polar surface area (TPSA) is 38.1 Å². The monoisotopic (exact) mass is 381 g/mol. The summed E-state index contributed by atoms with van der Waals surface area (Å²) in [5.41, 5.74) is 4.29. The zero-order chi connectivity index (χ0) is 19.8. The van der Waals surface area contributed by atoms with Gasteiger partial charge in [0.25, 0.3) is 0 Å². The van der Waals surface area contributed by atoms with Gasteiger partial charge in [0.1, 0.15) is 5.82 Å². The van der Waals surface area contributed by atoms with E-state index in [1.165, 1.54) is 5.56 Å². The molecule has 0 bridgehead atoms. The van der Waals surface area contributed by atoms with Crippen LogP contribution >= 0.6 is 0 Å². The quantitative estimate of drug-likeness (QED) is 0.489. The molecule has 1 fully saturated rings. The number of aromatic nitrogens is 2. The third-order valence-corrected chi connectivity index (χ3v) is 5.85. The number of para-hydroxylation sites is 3. The van der Waals surface area contributed by atoms with Crippen molar-refractivity contribution in [1.29, 1.82) is 0 Å². The molecule has 1 aromatic heterocycles. The Labute approximate surface area is 170 Å². The number of hydrogen-bond acceptors (Lipinski definition) is 2. The number of benzene rings is 3. The first-order chi connectivity index (χ1) is 14.2. The number of carbonyl (C=O) groups excluding carboxylic acids is 1. The van der Waals surface area contributed by atoms with Crippen LogP contribution in [-0.2, 0) is 4.79 Å². The molecule has 2 atom stereocenters. The molecule has 4 heteroatoms. The molecular weight excluding hydrogens is 358 g/mol. The maximum atomic E-state index is 12.8. The average molecular weight is 381 g/mol. The summed E-state index contributed by atoms with van der Waals surface area (Å²) >= 11 is 0. The van der Waals surface area contributed by atoms with Crippen molar-refractivity contribution in [1.82, 2.24) is 9.55 Å². The molecule has 2 heterocycles. The number of amides is 1. The molecule has 144 valence electrons. The molecule has 0 N–H and O–H groups in total. The van der Waals surface area contributed by atoms with Crippen molar-refractivity contribution in [3.8, 4) is 0 Å². The minimum Gasteiger partial charge on any atom is -0.320 e. The van der Waals surface area contributed by atoms with E-state index < -0.39 is 0 Å². The van der Waals surface area contributed by atoms with E-state index >= 15 is 0 Å². The van der Waals surface area contributed by atoms with Crippen molar-refractivity contribution in [2.75, 3.05) is 11.4 Å². The number of carbonyl (C=O) groups is 1. The van der Waals surface area contributed by atoms with Gasteiger partial charge in [-0.05, 0) is 36.8 Å². The lowest BCUT2D eigenvalue weighted by Gasteiger charge is -2.21. The van der Waals surface area contributed by atoms with E-state index in [0.29, 0.717) is 13.0 Å². The van der Waals surface area contributed by atoms with Gasteiger partial charge in [0.15, 0.2) is 0 Å². The minimum absolute atomic E-state index is 0.0706. The van der Waals surface area contributed by atoms with E-state index in [2.05, 4.69) is 54.0 Å². The Morgan fingerprint density at radius 2 is 1.55 bits per heavy atom. The van der Waals surface area contributed by atoms with E-state index in [9.17, 15) is 4.79 Å². The molecule has 5 rings (SSSR count). The smallest absolute Gasteiger partial charge is 0.227 e. The SMILES string of the molecule is C[C@H](c1ccccc1)n1c([C@H]2CC(=O)N(c3ccccc3)C2)nc2ccccc21. The molecule has 0 saturated carbocycles. The summed E-state index contributed by atoms with van der Waals surface area (Å²) in [4.78, 5) is 19.7. The first-order valence-corrected chi connectivity index (χ1v) is 10.1. The van der Waals surface area contributed by atoms with Gasteiger partial charge < -0.3 is 9.47 Å². The van der Waals surface area contributed by atoms with Gasteiger partial charge in [-0.25, -0.2) is 4.98 Å². The summed E-state index contributed by atoms with van der Waals surface area (Å²) in [6, 6.07) is 28.8. The Morgan fingerprint density at radius 3 is 2.31 bits per heavy atom. The van der Waals surface area contributed by atoms with E-state index in [4.69, 9.17) is 4.98 Å². The van der Waals surface area contributed by atoms with Gasteiger partial charge >= 0.3 is 0 Å². The van der Waals surface area contributed by atoms with Crippen molar-refractivity contribution in [3.63, 3.8) is 0 Å². The Bertz CT molecular complexity index is 1150. The number of fused-ring (bicyclic) bond motifs is 1. The van der Waals surface area contributed by atoms with Crippen LogP contribution in [0.3, 0.4) is 0 Å². The predicted molar refractivity (Wildman–Crippen MR) is 116 cm³/mol. The van der Waals surface area contributed by atoms with Crippen LogP contribution < -0.4 is 4.90 Å². The summed E-state index contributed by atoms with van der Waals surface area (Å²) in [7, 11) is 0. The van der Waals surface area contributed by atoms with Gasteiger partial charge in [0.05, 0.1) is 17.1 Å². The summed E-state index contributed by atoms with van der Waals surface area (Å²) in [6.45, 7) is 2.87. The van der Waals surface area contributed by atoms with Crippen LogP contribution in [0.1, 0.15) is 36.7 Å². The van der Waals surface area contributed by atoms with Crippen LogP contribution in [0.2, 0.25) is 0 Å². The minimum atomic E-state index is 0.0706. The molecule has 0 radical (unpaired) electrons. The second-order valence-electron chi connectivity index (χ2n) is 7.66. The van der Waals surface area contributed by atoms with Crippen molar-refractivity contribution in [2.24, 2.45) is 0 Å². The maximum Gasteiger partial charge on any atom is 0.227 e. The lowest BCUT2D eigenvalue weighted by Crippen LogP contribution is -2.24. The second kappa shape index (κ2) is 7.21. The molecule has 1 saturated heterocycles. The number of imidazole rings is 1. The van der Waals surface area contributed by atoms with Crippen LogP contribution in [0, 0.1) is 0 Å². The maximum absolute atomic E-state index is 12.8. The van der Waals surface area contributed by atoms with Crippen LogP contribution in [0.15, 0.2) is 84.9 Å². The number of hydrogen-bond donors (Lipinski definition) is 0. The normalized spacial score (nSPS) is 17.8. The number of nitrogens with zero attached hydrogens (tertiary/aromatic N) is 3. The van der Waals surface area contributed by atoms with Crippen molar-refractivity contribution in [2.45, 2.75) is 25.3 Å². The Hall–Kier alpha value is -3.40. The third kappa shape index (κ3) is 3.11. The zero-order valence-electron chi connectivity index (χ0n) is 16.4. The van der Waals surface area contributed by atoms with Crippen LogP contribution in [0.25, 0.3) is 11.0 Å². The highest BCUT2D eigenvalue weighted by Gasteiger charge is 2.35. The second-order valence-corrected chi connectivity index (χ2v) is 7.66.